The fourth-order valence-electron chi connectivity index (χ4n) is 1.79. The van der Waals surface area contributed by atoms with E-state index in [-0.39, 0.29) is 11.9 Å². The van der Waals surface area contributed by atoms with Gasteiger partial charge in [0.05, 0.1) is 7.11 Å². The Kier molecular flexibility index (Phi) is 4.49. The monoisotopic (exact) mass is 296 g/mol. The van der Waals surface area contributed by atoms with Crippen LogP contribution in [0.1, 0.15) is 25.5 Å². The van der Waals surface area contributed by atoms with Crippen molar-refractivity contribution in [2.75, 3.05) is 12.8 Å². The first-order valence-electron chi connectivity index (χ1n) is 6.18. The molecule has 1 aromatic heterocycles. The van der Waals surface area contributed by atoms with Crippen molar-refractivity contribution < 1.29 is 9.13 Å². The molecule has 0 atom stereocenters. The Morgan fingerprint density at radius 3 is 2.75 bits per heavy atom. The van der Waals surface area contributed by atoms with Crippen LogP contribution in [0.15, 0.2) is 23.4 Å². The SMILES string of the molecule is COc1ccc(CSc2nnc(N)n2C(C)C)c(F)c1. The van der Waals surface area contributed by atoms with Crippen LogP contribution >= 0.6 is 11.8 Å². The minimum Gasteiger partial charge on any atom is -0.497 e. The van der Waals surface area contributed by atoms with Crippen LogP contribution in [0.25, 0.3) is 0 Å². The number of nitrogen functional groups attached to an aromatic ring is 1. The number of aromatic nitrogens is 3. The zero-order chi connectivity index (χ0) is 14.7. The summed E-state index contributed by atoms with van der Waals surface area (Å²) in [5.74, 6) is 1.05. The van der Waals surface area contributed by atoms with E-state index in [1.807, 2.05) is 18.4 Å². The number of thioether (sulfide) groups is 1. The van der Waals surface area contributed by atoms with Gasteiger partial charge in [-0.2, -0.15) is 0 Å². The minimum atomic E-state index is -0.291. The standard InChI is InChI=1S/C13H17FN4OS/c1-8(2)18-12(15)16-17-13(18)20-7-9-4-5-10(19-3)6-11(9)14/h4-6,8H,7H2,1-3H3,(H2,15,16). The van der Waals surface area contributed by atoms with Crippen LogP contribution < -0.4 is 10.5 Å². The lowest BCUT2D eigenvalue weighted by molar-refractivity contribution is 0.411. The average molecular weight is 296 g/mol. The highest BCUT2D eigenvalue weighted by molar-refractivity contribution is 7.98. The van der Waals surface area contributed by atoms with E-state index in [1.165, 1.54) is 24.9 Å². The number of nitrogens with zero attached hydrogens (tertiary/aromatic N) is 3. The van der Waals surface area contributed by atoms with Crippen LogP contribution in [-0.2, 0) is 5.75 Å². The fourth-order valence-corrected chi connectivity index (χ4v) is 2.85. The molecule has 1 aromatic carbocycles. The number of methoxy groups -OCH3 is 1. The van der Waals surface area contributed by atoms with E-state index in [2.05, 4.69) is 10.2 Å². The number of hydrogen-bond donors (Lipinski definition) is 1. The van der Waals surface area contributed by atoms with E-state index in [4.69, 9.17) is 10.5 Å². The van der Waals surface area contributed by atoms with Crippen molar-refractivity contribution in [2.24, 2.45) is 0 Å². The normalized spacial score (nSPS) is 11.1. The number of rotatable bonds is 5. The van der Waals surface area contributed by atoms with Gasteiger partial charge in [-0.3, -0.25) is 4.57 Å². The summed E-state index contributed by atoms with van der Waals surface area (Å²) in [6, 6.07) is 4.98. The van der Waals surface area contributed by atoms with E-state index in [0.717, 1.165) is 0 Å². The Labute approximate surface area is 121 Å². The van der Waals surface area contributed by atoms with Crippen molar-refractivity contribution in [2.45, 2.75) is 30.8 Å². The predicted octanol–water partition coefficient (Wildman–Crippen LogP) is 2.88. The molecule has 0 saturated carbocycles. The lowest BCUT2D eigenvalue weighted by atomic mass is 10.2. The number of nitrogens with two attached hydrogens (primary N) is 1. The quantitative estimate of drug-likeness (QED) is 0.859. The van der Waals surface area contributed by atoms with Gasteiger partial charge in [-0.25, -0.2) is 4.39 Å². The molecule has 0 saturated heterocycles. The van der Waals surface area contributed by atoms with Crippen LogP contribution in [0.5, 0.6) is 5.75 Å². The Balaban J connectivity index is 2.13. The molecule has 0 aliphatic carbocycles. The molecule has 2 aromatic rings. The highest BCUT2D eigenvalue weighted by Crippen LogP contribution is 2.27. The van der Waals surface area contributed by atoms with Gasteiger partial charge < -0.3 is 10.5 Å². The van der Waals surface area contributed by atoms with Gasteiger partial charge in [-0.1, -0.05) is 17.8 Å². The molecule has 5 nitrogen and oxygen atoms in total. The second kappa shape index (κ2) is 6.13. The van der Waals surface area contributed by atoms with Crippen LogP contribution in [-0.4, -0.2) is 21.9 Å². The number of ether oxygens (including phenoxy) is 1. The van der Waals surface area contributed by atoms with E-state index < -0.39 is 0 Å². The third-order valence-corrected chi connectivity index (χ3v) is 3.82. The average Bonchev–Trinajstić information content (AvgIpc) is 2.78. The predicted molar refractivity (Wildman–Crippen MR) is 77.3 cm³/mol. The van der Waals surface area contributed by atoms with Crippen LogP contribution in [0, 0.1) is 5.82 Å². The van der Waals surface area contributed by atoms with Gasteiger partial charge in [-0.15, -0.1) is 10.2 Å². The van der Waals surface area contributed by atoms with Gasteiger partial charge in [0.25, 0.3) is 0 Å². The second-order valence-electron chi connectivity index (χ2n) is 4.55. The maximum absolute atomic E-state index is 13.8. The first-order chi connectivity index (χ1) is 9.52. The Morgan fingerprint density at radius 1 is 1.40 bits per heavy atom. The first kappa shape index (κ1) is 14.6. The smallest absolute Gasteiger partial charge is 0.222 e. The number of anilines is 1. The third kappa shape index (κ3) is 3.04. The van der Waals surface area contributed by atoms with E-state index in [1.54, 1.807) is 12.1 Å². The summed E-state index contributed by atoms with van der Waals surface area (Å²) in [4.78, 5) is 0. The molecule has 20 heavy (non-hydrogen) atoms. The van der Waals surface area contributed by atoms with Crippen molar-refractivity contribution in [3.63, 3.8) is 0 Å². The molecule has 0 amide bonds. The third-order valence-electron chi connectivity index (χ3n) is 2.82. The van der Waals surface area contributed by atoms with Crippen molar-refractivity contribution >= 4 is 17.7 Å². The van der Waals surface area contributed by atoms with Gasteiger partial charge >= 0.3 is 0 Å². The van der Waals surface area contributed by atoms with E-state index >= 15 is 0 Å². The van der Waals surface area contributed by atoms with Gasteiger partial charge in [0.2, 0.25) is 5.95 Å². The molecule has 0 aliphatic heterocycles. The van der Waals surface area contributed by atoms with Crippen LogP contribution in [0.2, 0.25) is 0 Å². The van der Waals surface area contributed by atoms with E-state index in [9.17, 15) is 4.39 Å². The molecule has 2 N–H and O–H groups in total. The summed E-state index contributed by atoms with van der Waals surface area (Å²) in [7, 11) is 1.51. The molecule has 0 spiro atoms. The molecule has 2 rings (SSSR count). The van der Waals surface area contributed by atoms with Crippen molar-refractivity contribution in [1.82, 2.24) is 14.8 Å². The van der Waals surface area contributed by atoms with Crippen molar-refractivity contribution in [1.29, 1.82) is 0 Å². The van der Waals surface area contributed by atoms with Gasteiger partial charge in [0, 0.05) is 17.9 Å². The largest absolute Gasteiger partial charge is 0.497 e. The maximum atomic E-state index is 13.8. The molecular weight excluding hydrogens is 279 g/mol. The molecule has 0 aliphatic rings. The second-order valence-corrected chi connectivity index (χ2v) is 5.49. The molecule has 0 unspecified atom stereocenters. The summed E-state index contributed by atoms with van der Waals surface area (Å²) < 4.78 is 20.6. The van der Waals surface area contributed by atoms with Crippen LogP contribution in [0.3, 0.4) is 0 Å². The maximum Gasteiger partial charge on any atom is 0.222 e. The molecule has 0 radical (unpaired) electrons. The number of halogens is 1. The Morgan fingerprint density at radius 2 is 2.15 bits per heavy atom. The molecule has 1 heterocycles. The Hall–Kier alpha value is -1.76. The lowest BCUT2D eigenvalue weighted by Gasteiger charge is -2.11. The molecule has 0 bridgehead atoms. The zero-order valence-electron chi connectivity index (χ0n) is 11.6. The first-order valence-corrected chi connectivity index (χ1v) is 7.17. The summed E-state index contributed by atoms with van der Waals surface area (Å²) in [6.07, 6.45) is 0. The molecular formula is C13H17FN4OS. The highest BCUT2D eigenvalue weighted by atomic mass is 32.2. The summed E-state index contributed by atoms with van der Waals surface area (Å²) >= 11 is 1.41. The van der Waals surface area contributed by atoms with Gasteiger partial charge in [0.1, 0.15) is 11.6 Å². The molecule has 0 fully saturated rings. The van der Waals surface area contributed by atoms with Crippen molar-refractivity contribution in [3.8, 4) is 5.75 Å². The van der Waals surface area contributed by atoms with Gasteiger partial charge in [0.15, 0.2) is 5.16 Å². The zero-order valence-corrected chi connectivity index (χ0v) is 12.4. The molecule has 108 valence electrons. The lowest BCUT2D eigenvalue weighted by Crippen LogP contribution is -2.07. The summed E-state index contributed by atoms with van der Waals surface area (Å²) in [5.41, 5.74) is 6.35. The number of hydrogen-bond acceptors (Lipinski definition) is 5. The Bertz CT molecular complexity index is 600. The summed E-state index contributed by atoms with van der Waals surface area (Å²) in [6.45, 7) is 4.00. The number of benzene rings is 1. The molecule has 7 heteroatoms. The fraction of sp³-hybridized carbons (Fsp3) is 0.385. The summed E-state index contributed by atoms with van der Waals surface area (Å²) in [5, 5.41) is 8.56. The van der Waals surface area contributed by atoms with Crippen molar-refractivity contribution in [3.05, 3.63) is 29.6 Å². The van der Waals surface area contributed by atoms with Gasteiger partial charge in [-0.05, 0) is 25.5 Å². The van der Waals surface area contributed by atoms with Crippen LogP contribution in [0.4, 0.5) is 10.3 Å². The van der Waals surface area contributed by atoms with E-state index in [0.29, 0.717) is 28.2 Å². The highest BCUT2D eigenvalue weighted by Gasteiger charge is 2.14. The minimum absolute atomic E-state index is 0.160. The topological polar surface area (TPSA) is 66.0 Å².